The average Bonchev–Trinajstić information content (AvgIpc) is 2.73. The average molecular weight is 465 g/mol. The van der Waals surface area contributed by atoms with E-state index in [1.807, 2.05) is 13.0 Å². The molecule has 6 nitrogen and oxygen atoms in total. The van der Waals surface area contributed by atoms with Crippen molar-refractivity contribution in [2.24, 2.45) is 0 Å². The number of allylic oxidation sites excluding steroid dienone is 6. The normalized spacial score (nSPS) is 12.5. The van der Waals surface area contributed by atoms with E-state index >= 15 is 0 Å². The van der Waals surface area contributed by atoms with E-state index in [2.05, 4.69) is 32.9 Å². The van der Waals surface area contributed by atoms with Crippen LogP contribution in [0.25, 0.3) is 21.9 Å². The first-order valence-electron chi connectivity index (χ1n) is 11.4. The van der Waals surface area contributed by atoms with Gasteiger partial charge >= 0.3 is 0 Å². The molecule has 6 heteroatoms. The van der Waals surface area contributed by atoms with Crippen molar-refractivity contribution in [3.63, 3.8) is 0 Å². The first-order chi connectivity index (χ1) is 16.1. The van der Waals surface area contributed by atoms with Crippen molar-refractivity contribution in [3.8, 4) is 23.0 Å². The van der Waals surface area contributed by atoms with Crippen LogP contribution in [0, 0.1) is 0 Å². The molecule has 0 bridgehead atoms. The third kappa shape index (κ3) is 5.63. The van der Waals surface area contributed by atoms with Gasteiger partial charge in [0.05, 0.1) is 5.39 Å². The Morgan fingerprint density at radius 3 is 2.09 bits per heavy atom. The highest BCUT2D eigenvalue weighted by Crippen LogP contribution is 2.38. The summed E-state index contributed by atoms with van der Waals surface area (Å²) in [4.78, 5) is 13.2. The fourth-order valence-corrected chi connectivity index (χ4v) is 3.97. The van der Waals surface area contributed by atoms with Gasteiger partial charge in [0, 0.05) is 23.8 Å². The number of rotatable bonds is 8. The Morgan fingerprint density at radius 2 is 1.41 bits per heavy atom. The predicted molar refractivity (Wildman–Crippen MR) is 136 cm³/mol. The lowest BCUT2D eigenvalue weighted by molar-refractivity contribution is 0.400. The molecule has 0 unspecified atom stereocenters. The summed E-state index contributed by atoms with van der Waals surface area (Å²) in [6, 6.07) is 3.44. The molecule has 0 aliphatic rings. The lowest BCUT2D eigenvalue weighted by atomic mass is 9.99. The molecular formula is C28H32O6. The fraction of sp³-hybridized carbons (Fsp3) is 0.321. The molecule has 2 aromatic carbocycles. The van der Waals surface area contributed by atoms with Gasteiger partial charge in [-0.1, -0.05) is 34.9 Å². The Bertz CT molecular complexity index is 1370. The largest absolute Gasteiger partial charge is 0.508 e. The molecule has 0 spiro atoms. The van der Waals surface area contributed by atoms with Gasteiger partial charge in [0.2, 0.25) is 5.43 Å². The second-order valence-corrected chi connectivity index (χ2v) is 9.03. The molecule has 1 heterocycles. The zero-order valence-electron chi connectivity index (χ0n) is 20.1. The van der Waals surface area contributed by atoms with Gasteiger partial charge in [0.1, 0.15) is 28.1 Å². The number of hydrogen-bond donors (Lipinski definition) is 4. The van der Waals surface area contributed by atoms with E-state index in [9.17, 15) is 25.2 Å². The Morgan fingerprint density at radius 1 is 0.794 bits per heavy atom. The van der Waals surface area contributed by atoms with Gasteiger partial charge in [-0.25, -0.2) is 0 Å². The topological polar surface area (TPSA) is 111 Å². The summed E-state index contributed by atoms with van der Waals surface area (Å²) in [6.07, 6.45) is 10.4. The molecule has 0 amide bonds. The minimum atomic E-state index is -0.542. The van der Waals surface area contributed by atoms with Crippen molar-refractivity contribution in [3.05, 3.63) is 68.9 Å². The number of fused-ring (bicyclic) bond motifs is 2. The molecule has 0 aliphatic heterocycles. The van der Waals surface area contributed by atoms with Crippen LogP contribution in [0.4, 0.5) is 0 Å². The van der Waals surface area contributed by atoms with E-state index < -0.39 is 22.7 Å². The summed E-state index contributed by atoms with van der Waals surface area (Å²) in [5, 5.41) is 40.6. The fourth-order valence-electron chi connectivity index (χ4n) is 3.97. The summed E-state index contributed by atoms with van der Waals surface area (Å²) in [5.74, 6) is -1.47. The minimum Gasteiger partial charge on any atom is -0.508 e. The van der Waals surface area contributed by atoms with Gasteiger partial charge in [0.25, 0.3) is 0 Å². The first-order valence-corrected chi connectivity index (χ1v) is 11.4. The third-order valence-electron chi connectivity index (χ3n) is 5.86. The Kier molecular flexibility index (Phi) is 7.72. The summed E-state index contributed by atoms with van der Waals surface area (Å²) in [6.45, 7) is 8.32. The van der Waals surface area contributed by atoms with Crippen molar-refractivity contribution >= 4 is 21.9 Å². The molecule has 1 aromatic heterocycles. The van der Waals surface area contributed by atoms with Gasteiger partial charge in [-0.2, -0.15) is 0 Å². The van der Waals surface area contributed by atoms with E-state index in [1.165, 1.54) is 17.2 Å². The van der Waals surface area contributed by atoms with Gasteiger partial charge in [0.15, 0.2) is 11.5 Å². The van der Waals surface area contributed by atoms with Crippen LogP contribution >= 0.6 is 0 Å². The van der Waals surface area contributed by atoms with Crippen molar-refractivity contribution in [2.75, 3.05) is 0 Å². The Labute approximate surface area is 198 Å². The number of hydrogen-bond acceptors (Lipinski definition) is 6. The molecule has 3 aromatic rings. The lowest BCUT2D eigenvalue weighted by Gasteiger charge is -2.11. The van der Waals surface area contributed by atoms with Crippen molar-refractivity contribution in [1.29, 1.82) is 0 Å². The molecule has 0 saturated heterocycles. The standard InChI is InChI=1S/C28H32O6/c1-16(2)7-5-8-17(3)9-6-10-18(4)11-12-20-25-24(15-22(31)27(20)32)34-23-14-19(29)13-21(30)26(23)28(25)33/h7,9,11,13-15,29-32H,5-6,8,10,12H2,1-4H3/b17-9+,18-11+. The first kappa shape index (κ1) is 25.0. The van der Waals surface area contributed by atoms with E-state index in [-0.39, 0.29) is 39.7 Å². The molecule has 180 valence electrons. The maximum absolute atomic E-state index is 13.2. The van der Waals surface area contributed by atoms with Crippen LogP contribution in [0.2, 0.25) is 0 Å². The van der Waals surface area contributed by atoms with Crippen molar-refractivity contribution in [1.82, 2.24) is 0 Å². The van der Waals surface area contributed by atoms with Crippen LogP contribution in [0.3, 0.4) is 0 Å². The molecule has 0 radical (unpaired) electrons. The van der Waals surface area contributed by atoms with E-state index in [0.717, 1.165) is 43.4 Å². The van der Waals surface area contributed by atoms with Crippen LogP contribution in [0.1, 0.15) is 58.9 Å². The molecular weight excluding hydrogens is 432 g/mol. The molecule has 4 N–H and O–H groups in total. The smallest absolute Gasteiger partial charge is 0.204 e. The van der Waals surface area contributed by atoms with Crippen molar-refractivity contribution < 1.29 is 24.8 Å². The van der Waals surface area contributed by atoms with Gasteiger partial charge in [-0.3, -0.25) is 4.79 Å². The van der Waals surface area contributed by atoms with Crippen LogP contribution in [0.15, 0.2) is 62.4 Å². The van der Waals surface area contributed by atoms with Crippen molar-refractivity contribution in [2.45, 2.75) is 59.8 Å². The molecule has 34 heavy (non-hydrogen) atoms. The van der Waals surface area contributed by atoms with Gasteiger partial charge in [-0.15, -0.1) is 0 Å². The predicted octanol–water partition coefficient (Wildman–Crippen LogP) is 6.73. The number of phenolic OH excluding ortho intramolecular Hbond substituents is 4. The summed E-state index contributed by atoms with van der Waals surface area (Å²) >= 11 is 0. The molecule has 0 saturated carbocycles. The Hall–Kier alpha value is -3.67. The maximum Gasteiger partial charge on any atom is 0.204 e. The maximum atomic E-state index is 13.2. The number of aromatic hydroxyl groups is 4. The number of benzene rings is 2. The lowest BCUT2D eigenvalue weighted by Crippen LogP contribution is -2.06. The highest BCUT2D eigenvalue weighted by Gasteiger charge is 2.20. The third-order valence-corrected chi connectivity index (χ3v) is 5.86. The van der Waals surface area contributed by atoms with E-state index in [4.69, 9.17) is 4.42 Å². The minimum absolute atomic E-state index is 0.00972. The quantitative estimate of drug-likeness (QED) is 0.167. The summed E-state index contributed by atoms with van der Waals surface area (Å²) in [7, 11) is 0. The van der Waals surface area contributed by atoms with Crippen LogP contribution < -0.4 is 5.43 Å². The second-order valence-electron chi connectivity index (χ2n) is 9.03. The van der Waals surface area contributed by atoms with E-state index in [0.29, 0.717) is 0 Å². The number of phenols is 4. The van der Waals surface area contributed by atoms with Gasteiger partial charge in [-0.05, 0) is 59.8 Å². The summed E-state index contributed by atoms with van der Waals surface area (Å²) < 4.78 is 5.69. The SMILES string of the molecule is CC(C)=CCC/C(C)=C/CC/C(C)=C/Cc1c(O)c(O)cc2oc3cc(O)cc(O)c3c(=O)c12. The second kappa shape index (κ2) is 10.5. The molecule has 3 rings (SSSR count). The molecule has 0 fully saturated rings. The highest BCUT2D eigenvalue weighted by molar-refractivity contribution is 5.96. The summed E-state index contributed by atoms with van der Waals surface area (Å²) in [5.41, 5.74) is 3.49. The van der Waals surface area contributed by atoms with Crippen LogP contribution in [-0.4, -0.2) is 20.4 Å². The Balaban J connectivity index is 1.88. The van der Waals surface area contributed by atoms with Gasteiger partial charge < -0.3 is 24.8 Å². The monoisotopic (exact) mass is 464 g/mol. The van der Waals surface area contributed by atoms with E-state index in [1.54, 1.807) is 0 Å². The highest BCUT2D eigenvalue weighted by atomic mass is 16.3. The zero-order chi connectivity index (χ0) is 25.0. The molecule has 0 aliphatic carbocycles. The zero-order valence-corrected chi connectivity index (χ0v) is 20.1. The van der Waals surface area contributed by atoms with Crippen LogP contribution in [-0.2, 0) is 6.42 Å². The molecule has 0 atom stereocenters. The van der Waals surface area contributed by atoms with Crippen LogP contribution in [0.5, 0.6) is 23.0 Å².